The van der Waals surface area contributed by atoms with Gasteiger partial charge in [-0.2, -0.15) is 0 Å². The summed E-state index contributed by atoms with van der Waals surface area (Å²) in [5.74, 6) is 0.683. The van der Waals surface area contributed by atoms with Crippen molar-refractivity contribution in [1.82, 2.24) is 9.97 Å². The Morgan fingerprint density at radius 2 is 1.97 bits per heavy atom. The molecule has 0 bridgehead atoms. The highest BCUT2D eigenvalue weighted by atomic mass is 35.5. The lowest BCUT2D eigenvalue weighted by Crippen LogP contribution is -2.51. The van der Waals surface area contributed by atoms with Crippen molar-refractivity contribution in [3.8, 4) is 11.5 Å². The Kier molecular flexibility index (Phi) is 5.01. The van der Waals surface area contributed by atoms with Crippen LogP contribution in [0.1, 0.15) is 35.2 Å². The molecule has 9 heteroatoms. The van der Waals surface area contributed by atoms with Crippen molar-refractivity contribution in [3.63, 3.8) is 0 Å². The van der Waals surface area contributed by atoms with Gasteiger partial charge in [0, 0.05) is 24.2 Å². The average Bonchev–Trinajstić information content (AvgIpc) is 3.45. The number of aromatic nitrogens is 2. The van der Waals surface area contributed by atoms with Crippen molar-refractivity contribution in [2.45, 2.75) is 30.9 Å². The number of pyridine rings is 1. The smallest absolute Gasteiger partial charge is 0.250 e. The highest BCUT2D eigenvalue weighted by Crippen LogP contribution is 2.44. The quantitative estimate of drug-likeness (QED) is 0.304. The van der Waals surface area contributed by atoms with E-state index in [4.69, 9.17) is 16.3 Å². The molecule has 6 rings (SSSR count). The third-order valence-corrected chi connectivity index (χ3v) is 6.96. The number of H-pyrrole nitrogens is 1. The van der Waals surface area contributed by atoms with Crippen molar-refractivity contribution in [1.29, 1.82) is 0 Å². The fourth-order valence-electron chi connectivity index (χ4n) is 4.89. The number of nitrogens with zero attached hydrogens (tertiary/aromatic N) is 1. The molecule has 2 aromatic carbocycles. The molecule has 176 valence electrons. The van der Waals surface area contributed by atoms with E-state index in [-0.39, 0.29) is 16.7 Å². The van der Waals surface area contributed by atoms with Gasteiger partial charge in [-0.1, -0.05) is 29.8 Å². The second-order valence-electron chi connectivity index (χ2n) is 8.92. The summed E-state index contributed by atoms with van der Waals surface area (Å²) in [6.07, 6.45) is 3.90. The number of hydrogen-bond donors (Lipinski definition) is 4. The van der Waals surface area contributed by atoms with Crippen LogP contribution in [0, 0.1) is 0 Å². The minimum Gasteiger partial charge on any atom is -0.457 e. The van der Waals surface area contributed by atoms with E-state index < -0.39 is 11.6 Å². The first-order valence-electron chi connectivity index (χ1n) is 11.3. The first kappa shape index (κ1) is 21.6. The molecule has 0 radical (unpaired) electrons. The lowest BCUT2D eigenvalue weighted by atomic mass is 9.92. The first-order valence-corrected chi connectivity index (χ1v) is 11.7. The molecule has 35 heavy (non-hydrogen) atoms. The summed E-state index contributed by atoms with van der Waals surface area (Å²) in [4.78, 5) is 33.9. The molecule has 1 spiro atoms. The van der Waals surface area contributed by atoms with Gasteiger partial charge in [-0.05, 0) is 37.1 Å². The molecule has 0 unspecified atom stereocenters. The predicted octanol–water partition coefficient (Wildman–Crippen LogP) is 4.89. The maximum atomic E-state index is 13.6. The second kappa shape index (κ2) is 8.11. The number of ketones is 1. The van der Waals surface area contributed by atoms with Crippen molar-refractivity contribution in [3.05, 3.63) is 77.1 Å². The lowest BCUT2D eigenvalue weighted by molar-refractivity contribution is -0.120. The Balaban J connectivity index is 1.37. The van der Waals surface area contributed by atoms with Crippen molar-refractivity contribution in [2.75, 3.05) is 10.6 Å². The van der Waals surface area contributed by atoms with Gasteiger partial charge in [-0.25, -0.2) is 4.98 Å². The Morgan fingerprint density at radius 1 is 1.14 bits per heavy atom. The Bertz CT molecular complexity index is 1490. The summed E-state index contributed by atoms with van der Waals surface area (Å²) in [5.41, 5.74) is 1.36. The maximum Gasteiger partial charge on any atom is 0.250 e. The second-order valence-corrected chi connectivity index (χ2v) is 9.32. The number of nitrogens with one attached hydrogen (secondary N) is 3. The largest absolute Gasteiger partial charge is 0.457 e. The van der Waals surface area contributed by atoms with Crippen LogP contribution in [0.25, 0.3) is 11.0 Å². The molecule has 1 aliphatic heterocycles. The number of rotatable bonds is 4. The molecule has 2 aromatic heterocycles. The molecule has 0 saturated heterocycles. The number of carbonyl (C=O) groups is 2. The summed E-state index contributed by atoms with van der Waals surface area (Å²) < 4.78 is 5.82. The van der Waals surface area contributed by atoms with E-state index >= 15 is 0 Å². The average molecular weight is 489 g/mol. The minimum absolute atomic E-state index is 0.205. The van der Waals surface area contributed by atoms with Crippen molar-refractivity contribution >= 4 is 45.7 Å². The van der Waals surface area contributed by atoms with Crippen LogP contribution in [0.5, 0.6) is 11.5 Å². The van der Waals surface area contributed by atoms with Gasteiger partial charge < -0.3 is 25.5 Å². The van der Waals surface area contributed by atoms with Gasteiger partial charge in [-0.15, -0.1) is 0 Å². The van der Waals surface area contributed by atoms with Crippen molar-refractivity contribution in [2.24, 2.45) is 0 Å². The molecule has 1 fully saturated rings. The molecule has 2 aliphatic rings. The monoisotopic (exact) mass is 488 g/mol. The normalized spacial score (nSPS) is 21.0. The highest BCUT2D eigenvalue weighted by molar-refractivity contribution is 6.36. The molecular formula is C26H21ClN4O4. The number of aliphatic hydroxyl groups is 1. The molecule has 4 N–H and O–H groups in total. The zero-order valence-electron chi connectivity index (χ0n) is 18.5. The van der Waals surface area contributed by atoms with E-state index in [1.165, 1.54) is 0 Å². The lowest BCUT2D eigenvalue weighted by Gasteiger charge is -2.36. The highest BCUT2D eigenvalue weighted by Gasteiger charge is 2.48. The zero-order chi connectivity index (χ0) is 24.2. The van der Waals surface area contributed by atoms with Crippen molar-refractivity contribution < 1.29 is 19.4 Å². The van der Waals surface area contributed by atoms with E-state index in [2.05, 4.69) is 20.6 Å². The van der Waals surface area contributed by atoms with E-state index in [0.29, 0.717) is 64.3 Å². The number of amides is 1. The fourth-order valence-corrected chi connectivity index (χ4v) is 5.15. The predicted molar refractivity (Wildman–Crippen MR) is 132 cm³/mol. The van der Waals surface area contributed by atoms with Crippen LogP contribution in [0.2, 0.25) is 5.02 Å². The van der Waals surface area contributed by atoms with Crippen LogP contribution in [0.15, 0.2) is 60.9 Å². The number of fused-ring (bicyclic) bond motifs is 3. The van der Waals surface area contributed by atoms with E-state index in [0.717, 1.165) is 0 Å². The summed E-state index contributed by atoms with van der Waals surface area (Å²) in [6.45, 7) is 0. The number of ether oxygens (including phenoxy) is 1. The van der Waals surface area contributed by atoms with E-state index in [9.17, 15) is 14.7 Å². The number of carbonyl (C=O) groups excluding carboxylic acids is 2. The van der Waals surface area contributed by atoms with Gasteiger partial charge in [0.05, 0.1) is 39.6 Å². The number of anilines is 2. The van der Waals surface area contributed by atoms with E-state index in [1.54, 1.807) is 30.6 Å². The fraction of sp³-hybridized carbons (Fsp3) is 0.192. The molecule has 4 aromatic rings. The summed E-state index contributed by atoms with van der Waals surface area (Å²) >= 11 is 6.51. The van der Waals surface area contributed by atoms with Gasteiger partial charge >= 0.3 is 0 Å². The Hall–Kier alpha value is -3.88. The third-order valence-electron chi connectivity index (χ3n) is 6.65. The standard InChI is InChI=1S/C26H21ClN4O4/c27-19-10-16(35-15-4-2-1-3-5-15)6-7-17(19)23(33)18-12-28-24-21(18)22-20(13-29-24)30-25(34)26(31-22)9-8-14(32)11-26/h1-7,10,12-14,31-32H,8-9,11H2,(H,28,29)(H,30,34)/t14-,26+/m1/s1. The summed E-state index contributed by atoms with van der Waals surface area (Å²) in [5, 5.41) is 17.2. The van der Waals surface area contributed by atoms with Crippen LogP contribution in [-0.4, -0.2) is 38.4 Å². The molecule has 1 saturated carbocycles. The van der Waals surface area contributed by atoms with Crippen LogP contribution in [0.4, 0.5) is 11.4 Å². The van der Waals surface area contributed by atoms with Crippen LogP contribution < -0.4 is 15.4 Å². The molecule has 2 atom stereocenters. The van der Waals surface area contributed by atoms with Gasteiger partial charge in [0.2, 0.25) is 5.91 Å². The van der Waals surface area contributed by atoms with Crippen LogP contribution >= 0.6 is 11.6 Å². The molecule has 1 aliphatic carbocycles. The van der Waals surface area contributed by atoms with Gasteiger partial charge in [0.1, 0.15) is 22.7 Å². The SMILES string of the molecule is O=C(c1ccc(Oc2ccccc2)cc1Cl)c1c[nH]c2ncc3c(c12)N[C@]1(CC[C@@H](O)C1)C(=O)N3. The molecule has 1 amide bonds. The summed E-state index contributed by atoms with van der Waals surface area (Å²) in [6, 6.07) is 14.2. The number of aromatic amines is 1. The number of para-hydroxylation sites is 1. The Morgan fingerprint density at radius 3 is 2.71 bits per heavy atom. The van der Waals surface area contributed by atoms with Gasteiger partial charge in [-0.3, -0.25) is 9.59 Å². The number of hydrogen-bond acceptors (Lipinski definition) is 6. The number of benzene rings is 2. The topological polar surface area (TPSA) is 116 Å². The first-order chi connectivity index (χ1) is 16.9. The number of halogens is 1. The molecule has 3 heterocycles. The minimum atomic E-state index is -0.924. The Labute approximate surface area is 205 Å². The van der Waals surface area contributed by atoms with Crippen LogP contribution in [0.3, 0.4) is 0 Å². The maximum absolute atomic E-state index is 13.6. The molecule has 8 nitrogen and oxygen atoms in total. The number of aliphatic hydroxyl groups excluding tert-OH is 1. The zero-order valence-corrected chi connectivity index (χ0v) is 19.2. The van der Waals surface area contributed by atoms with Gasteiger partial charge in [0.25, 0.3) is 0 Å². The third kappa shape index (κ3) is 3.62. The summed E-state index contributed by atoms with van der Waals surface area (Å²) in [7, 11) is 0. The van der Waals surface area contributed by atoms with Gasteiger partial charge in [0.15, 0.2) is 5.78 Å². The molecular weight excluding hydrogens is 468 g/mol. The van der Waals surface area contributed by atoms with E-state index in [1.807, 2.05) is 30.3 Å². The van der Waals surface area contributed by atoms with Crippen LogP contribution in [-0.2, 0) is 4.79 Å².